The van der Waals surface area contributed by atoms with Gasteiger partial charge in [-0.05, 0) is 94.5 Å². The van der Waals surface area contributed by atoms with Gasteiger partial charge in [-0.2, -0.15) is 0 Å². The molecule has 5 amide bonds. The predicted molar refractivity (Wildman–Crippen MR) is 275 cm³/mol. The highest BCUT2D eigenvalue weighted by Crippen LogP contribution is 2.48. The molecule has 3 atom stereocenters. The largest absolute Gasteiger partial charge is 0.480 e. The van der Waals surface area contributed by atoms with Gasteiger partial charge in [-0.25, -0.2) is 19.2 Å². The number of aliphatic carboxylic acids is 1. The Morgan fingerprint density at radius 1 is 0.648 bits per heavy atom. The van der Waals surface area contributed by atoms with Crippen molar-refractivity contribution in [2.45, 2.75) is 88.5 Å². The zero-order chi connectivity index (χ0) is 51.6. The molecule has 0 bridgehead atoms. The van der Waals surface area contributed by atoms with Crippen molar-refractivity contribution in [1.29, 1.82) is 0 Å². The number of carbonyl (C=O) groups excluding carboxylic acids is 5. The molecule has 5 rings (SSSR count). The van der Waals surface area contributed by atoms with Gasteiger partial charge in [0, 0.05) is 31.0 Å². The second-order valence-corrected chi connectivity index (χ2v) is 19.7. The number of nitrogens with zero attached hydrogens (tertiary/aromatic N) is 1. The minimum absolute atomic E-state index is 0.0643. The summed E-state index contributed by atoms with van der Waals surface area (Å²) in [5.41, 5.74) is 2.13. The average Bonchev–Trinajstić information content (AvgIpc) is 3.32. The van der Waals surface area contributed by atoms with Crippen LogP contribution in [0.15, 0.2) is 158 Å². The zero-order valence-corrected chi connectivity index (χ0v) is 41.7. The summed E-state index contributed by atoms with van der Waals surface area (Å²) >= 11 is 1.47. The molecule has 0 radical (unpaired) electrons. The van der Waals surface area contributed by atoms with E-state index in [0.717, 1.165) is 21.6 Å². The Hall–Kier alpha value is -7.59. The summed E-state index contributed by atoms with van der Waals surface area (Å²) in [4.78, 5) is 81.5. The number of ether oxygens (including phenoxy) is 3. The van der Waals surface area contributed by atoms with Crippen LogP contribution in [0.3, 0.4) is 0 Å². The van der Waals surface area contributed by atoms with Gasteiger partial charge in [0.1, 0.15) is 35.1 Å². The van der Waals surface area contributed by atoms with Gasteiger partial charge in [0.05, 0.1) is 4.75 Å². The standard InChI is InChI=1S/C55H63N5O10S/c1-8-35-60(52(67)70-54(5,6)7)46(49(63)64)36-38-29-31-43(32-30-38)68-50(65)56-34-33-44(59-51(66)69-53(2,3)4)47(61)58-45(48(62)57-42-27-19-12-20-28-42)37-71-55(39-21-13-9-14-22-39,40-23-15-10-16-24-40)41-25-17-11-18-26-41/h8-32,44-46H,1,33-37H2,2-7H3,(H,56,65)(H,57,62)(H,58,61)(H,59,66)(H,63,64)/t44-,45-,46-/m0/s1. The number of hydrogen-bond acceptors (Lipinski definition) is 10. The fraction of sp³-hybridized carbons (Fsp3) is 0.309. The highest BCUT2D eigenvalue weighted by atomic mass is 32.2. The number of rotatable bonds is 21. The van der Waals surface area contributed by atoms with Crippen LogP contribution in [0.4, 0.5) is 20.1 Å². The zero-order valence-electron chi connectivity index (χ0n) is 40.9. The van der Waals surface area contributed by atoms with Crippen molar-refractivity contribution in [1.82, 2.24) is 20.9 Å². The first-order valence-electron chi connectivity index (χ1n) is 23.1. The Morgan fingerprint density at radius 2 is 1.15 bits per heavy atom. The monoisotopic (exact) mass is 985 g/mol. The maximum Gasteiger partial charge on any atom is 0.412 e. The molecule has 0 aliphatic rings. The Labute approximate surface area is 419 Å². The summed E-state index contributed by atoms with van der Waals surface area (Å²) < 4.78 is 15.6. The number of nitrogens with one attached hydrogen (secondary N) is 4. The molecule has 374 valence electrons. The van der Waals surface area contributed by atoms with Crippen molar-refractivity contribution in [2.24, 2.45) is 0 Å². The van der Waals surface area contributed by atoms with E-state index in [-0.39, 0.29) is 37.4 Å². The molecule has 5 aromatic rings. The number of thioether (sulfide) groups is 1. The highest BCUT2D eigenvalue weighted by molar-refractivity contribution is 8.00. The Bertz CT molecular complexity index is 2460. The van der Waals surface area contributed by atoms with Crippen LogP contribution >= 0.6 is 11.8 Å². The van der Waals surface area contributed by atoms with Gasteiger partial charge in [-0.3, -0.25) is 14.5 Å². The fourth-order valence-corrected chi connectivity index (χ4v) is 8.96. The van der Waals surface area contributed by atoms with Gasteiger partial charge in [-0.1, -0.05) is 127 Å². The van der Waals surface area contributed by atoms with Crippen LogP contribution in [0.2, 0.25) is 0 Å². The van der Waals surface area contributed by atoms with Gasteiger partial charge in [0.25, 0.3) is 0 Å². The number of benzene rings is 5. The van der Waals surface area contributed by atoms with Crippen molar-refractivity contribution >= 4 is 53.5 Å². The smallest absolute Gasteiger partial charge is 0.412 e. The van der Waals surface area contributed by atoms with E-state index >= 15 is 0 Å². The highest BCUT2D eigenvalue weighted by Gasteiger charge is 2.39. The van der Waals surface area contributed by atoms with Gasteiger partial charge in [-0.15, -0.1) is 18.3 Å². The second-order valence-electron chi connectivity index (χ2n) is 18.4. The molecule has 0 saturated heterocycles. The second kappa shape index (κ2) is 25.3. The molecule has 0 saturated carbocycles. The lowest BCUT2D eigenvalue weighted by Gasteiger charge is -2.36. The maximum atomic E-state index is 14.5. The van der Waals surface area contributed by atoms with Crippen molar-refractivity contribution in [3.63, 3.8) is 0 Å². The quantitative estimate of drug-likeness (QED) is 0.0347. The molecule has 5 N–H and O–H groups in total. The summed E-state index contributed by atoms with van der Waals surface area (Å²) in [6.07, 6.45) is -1.38. The van der Waals surface area contributed by atoms with E-state index in [1.165, 1.54) is 30.0 Å². The molecule has 0 aliphatic heterocycles. The first kappa shape index (κ1) is 54.4. The van der Waals surface area contributed by atoms with E-state index in [0.29, 0.717) is 11.3 Å². The number of para-hydroxylation sites is 1. The number of carboxylic acid groups (broad SMARTS) is 1. The SMILES string of the molecule is C=CCN(C(=O)OC(C)(C)C)[C@@H](Cc1ccc(OC(=O)NCC[C@H](NC(=O)OC(C)(C)C)C(=O)N[C@@H](CSC(c2ccccc2)(c2ccccc2)c2ccccc2)C(=O)Nc2ccccc2)cc1)C(=O)O. The molecule has 16 heteroatoms. The first-order valence-corrected chi connectivity index (χ1v) is 24.1. The summed E-state index contributed by atoms with van der Waals surface area (Å²) in [6, 6.07) is 40.9. The van der Waals surface area contributed by atoms with Crippen LogP contribution in [0.5, 0.6) is 5.75 Å². The summed E-state index contributed by atoms with van der Waals surface area (Å²) in [7, 11) is 0. The number of hydrogen-bond donors (Lipinski definition) is 5. The molecular formula is C55H63N5O10S. The third kappa shape index (κ3) is 16.5. The molecule has 0 heterocycles. The topological polar surface area (TPSA) is 202 Å². The van der Waals surface area contributed by atoms with E-state index in [1.54, 1.807) is 77.9 Å². The Kier molecular flexibility index (Phi) is 19.4. The minimum atomic E-state index is -1.30. The predicted octanol–water partition coefficient (Wildman–Crippen LogP) is 9.33. The molecular weight excluding hydrogens is 923 g/mol. The molecule has 71 heavy (non-hydrogen) atoms. The van der Waals surface area contributed by atoms with Crippen molar-refractivity contribution in [3.05, 3.63) is 181 Å². The minimum Gasteiger partial charge on any atom is -0.480 e. The van der Waals surface area contributed by atoms with Gasteiger partial charge >= 0.3 is 24.2 Å². The number of carboxylic acids is 1. The lowest BCUT2D eigenvalue weighted by Crippen LogP contribution is -2.55. The third-order valence-corrected chi connectivity index (χ3v) is 12.2. The van der Waals surface area contributed by atoms with E-state index < -0.39 is 70.1 Å². The molecule has 5 aromatic carbocycles. The molecule has 0 spiro atoms. The molecule has 0 aromatic heterocycles. The van der Waals surface area contributed by atoms with Crippen LogP contribution in [-0.4, -0.2) is 94.2 Å². The fourth-order valence-electron chi connectivity index (χ4n) is 7.40. The van der Waals surface area contributed by atoms with Crippen LogP contribution < -0.4 is 26.0 Å². The van der Waals surface area contributed by atoms with E-state index in [4.69, 9.17) is 14.2 Å². The number of alkyl carbamates (subject to hydrolysis) is 1. The van der Waals surface area contributed by atoms with Crippen molar-refractivity contribution < 1.29 is 48.1 Å². The molecule has 15 nitrogen and oxygen atoms in total. The van der Waals surface area contributed by atoms with Gasteiger partial charge in [0.2, 0.25) is 11.8 Å². The van der Waals surface area contributed by atoms with Crippen LogP contribution in [0.25, 0.3) is 0 Å². The van der Waals surface area contributed by atoms with E-state index in [1.807, 2.05) is 97.1 Å². The average molecular weight is 986 g/mol. The van der Waals surface area contributed by atoms with Crippen LogP contribution in [-0.2, 0) is 35.0 Å². The molecule has 0 unspecified atom stereocenters. The van der Waals surface area contributed by atoms with Crippen molar-refractivity contribution in [2.75, 3.05) is 24.2 Å². The lowest BCUT2D eigenvalue weighted by atomic mass is 9.84. The lowest BCUT2D eigenvalue weighted by molar-refractivity contribution is -0.143. The van der Waals surface area contributed by atoms with Crippen molar-refractivity contribution in [3.8, 4) is 5.75 Å². The summed E-state index contributed by atoms with van der Waals surface area (Å²) in [5.74, 6) is -2.26. The van der Waals surface area contributed by atoms with Crippen LogP contribution in [0, 0.1) is 0 Å². The number of carbonyl (C=O) groups is 6. The Balaban J connectivity index is 1.34. The normalized spacial score (nSPS) is 12.7. The van der Waals surface area contributed by atoms with Crippen LogP contribution in [0.1, 0.15) is 70.2 Å². The number of anilines is 1. The van der Waals surface area contributed by atoms with E-state index in [9.17, 15) is 33.9 Å². The summed E-state index contributed by atoms with van der Waals surface area (Å²) in [5, 5.41) is 21.1. The van der Waals surface area contributed by atoms with Gasteiger partial charge in [0.15, 0.2) is 0 Å². The third-order valence-electron chi connectivity index (χ3n) is 10.6. The first-order chi connectivity index (χ1) is 33.8. The van der Waals surface area contributed by atoms with E-state index in [2.05, 4.69) is 27.8 Å². The Morgan fingerprint density at radius 3 is 1.63 bits per heavy atom. The molecule has 0 aliphatic carbocycles. The number of amides is 5. The molecule has 0 fully saturated rings. The maximum absolute atomic E-state index is 14.5. The summed E-state index contributed by atoms with van der Waals surface area (Å²) in [6.45, 7) is 13.5. The van der Waals surface area contributed by atoms with Gasteiger partial charge < -0.3 is 40.6 Å².